The van der Waals surface area contributed by atoms with Crippen molar-refractivity contribution in [3.63, 3.8) is 0 Å². The second-order valence-electron chi connectivity index (χ2n) is 10.8. The maximum atomic E-state index is 13.7. The standard InChI is InChI=1S/C31H40FN3O4/c1-20(2)26(18-28(36)25-13-6-10-22-9-4-5-12-24(22)25)31(39)35-16-8-14-27(35)29(37)17-23(30(38)19-32)11-7-15-34-21(3)33/h4-6,9-10,12-13,20,23,26-27,34H,3,7-8,11,14-19,33H2,1-2H3/t23-,26+,27+/m1/s1. The van der Waals surface area contributed by atoms with Crippen molar-refractivity contribution < 1.29 is 23.6 Å². The van der Waals surface area contributed by atoms with Crippen LogP contribution in [0.1, 0.15) is 62.7 Å². The highest BCUT2D eigenvalue weighted by Gasteiger charge is 2.39. The van der Waals surface area contributed by atoms with Crippen molar-refractivity contribution in [2.24, 2.45) is 23.5 Å². The van der Waals surface area contributed by atoms with Crippen molar-refractivity contribution in [3.8, 4) is 0 Å². The van der Waals surface area contributed by atoms with Crippen LogP contribution in [0.2, 0.25) is 0 Å². The highest BCUT2D eigenvalue weighted by Crippen LogP contribution is 2.30. The number of nitrogens with two attached hydrogens (primary N) is 1. The molecule has 2 aromatic rings. The second-order valence-corrected chi connectivity index (χ2v) is 10.8. The average molecular weight is 538 g/mol. The predicted octanol–water partition coefficient (Wildman–Crippen LogP) is 4.59. The van der Waals surface area contributed by atoms with E-state index in [0.29, 0.717) is 50.2 Å². The van der Waals surface area contributed by atoms with E-state index < -0.39 is 30.3 Å². The molecule has 0 aliphatic carbocycles. The number of ketones is 3. The molecule has 3 N–H and O–H groups in total. The van der Waals surface area contributed by atoms with Gasteiger partial charge in [0.15, 0.2) is 17.3 Å². The first-order chi connectivity index (χ1) is 18.6. The third-order valence-electron chi connectivity index (χ3n) is 7.64. The van der Waals surface area contributed by atoms with Gasteiger partial charge in [0.25, 0.3) is 0 Å². The van der Waals surface area contributed by atoms with Crippen LogP contribution >= 0.6 is 0 Å². The predicted molar refractivity (Wildman–Crippen MR) is 151 cm³/mol. The topological polar surface area (TPSA) is 110 Å². The molecule has 1 amide bonds. The number of carbonyl (C=O) groups excluding carboxylic acids is 4. The van der Waals surface area contributed by atoms with Crippen molar-refractivity contribution in [3.05, 3.63) is 60.4 Å². The largest absolute Gasteiger partial charge is 0.386 e. The fourth-order valence-corrected chi connectivity index (χ4v) is 5.43. The number of hydrogen-bond donors (Lipinski definition) is 2. The van der Waals surface area contributed by atoms with Crippen LogP contribution in [0.3, 0.4) is 0 Å². The first kappa shape index (κ1) is 30.0. The minimum Gasteiger partial charge on any atom is -0.386 e. The third kappa shape index (κ3) is 7.74. The number of amides is 1. The number of Topliss-reactive ketones (excluding diaryl/α,β-unsaturated/α-hetero) is 3. The summed E-state index contributed by atoms with van der Waals surface area (Å²) < 4.78 is 13.3. The average Bonchev–Trinajstić information content (AvgIpc) is 3.42. The summed E-state index contributed by atoms with van der Waals surface area (Å²) in [5, 5.41) is 4.67. The molecule has 39 heavy (non-hydrogen) atoms. The van der Waals surface area contributed by atoms with Crippen LogP contribution in [-0.4, -0.2) is 54.0 Å². The quantitative estimate of drug-likeness (QED) is 0.254. The third-order valence-corrected chi connectivity index (χ3v) is 7.64. The number of likely N-dealkylation sites (tertiary alicyclic amines) is 1. The summed E-state index contributed by atoms with van der Waals surface area (Å²) >= 11 is 0. The number of nitrogens with one attached hydrogen (secondary N) is 1. The van der Waals surface area contributed by atoms with Gasteiger partial charge in [0.2, 0.25) is 5.91 Å². The van der Waals surface area contributed by atoms with Crippen LogP contribution in [-0.2, 0) is 14.4 Å². The molecule has 8 heteroatoms. The molecular weight excluding hydrogens is 497 g/mol. The lowest BCUT2D eigenvalue weighted by molar-refractivity contribution is -0.142. The lowest BCUT2D eigenvalue weighted by Crippen LogP contribution is -2.45. The fourth-order valence-electron chi connectivity index (χ4n) is 5.43. The van der Waals surface area contributed by atoms with Gasteiger partial charge in [-0.1, -0.05) is 62.9 Å². The van der Waals surface area contributed by atoms with Gasteiger partial charge in [-0.2, -0.15) is 0 Å². The Morgan fingerprint density at radius 1 is 1.10 bits per heavy atom. The van der Waals surface area contributed by atoms with Gasteiger partial charge in [0.05, 0.1) is 11.9 Å². The van der Waals surface area contributed by atoms with E-state index in [1.165, 1.54) is 0 Å². The molecule has 1 aliphatic rings. The number of halogens is 1. The van der Waals surface area contributed by atoms with Crippen LogP contribution in [0.15, 0.2) is 54.9 Å². The molecule has 1 heterocycles. The van der Waals surface area contributed by atoms with E-state index in [9.17, 15) is 23.6 Å². The monoisotopic (exact) mass is 537 g/mol. The molecule has 0 unspecified atom stereocenters. The molecule has 210 valence electrons. The Hall–Kier alpha value is -3.55. The zero-order valence-corrected chi connectivity index (χ0v) is 23.0. The molecule has 2 aromatic carbocycles. The number of benzene rings is 2. The maximum Gasteiger partial charge on any atom is 0.227 e. The smallest absolute Gasteiger partial charge is 0.227 e. The second kappa shape index (κ2) is 14.0. The minimum atomic E-state index is -1.13. The van der Waals surface area contributed by atoms with Gasteiger partial charge in [0, 0.05) is 43.3 Å². The van der Waals surface area contributed by atoms with Gasteiger partial charge >= 0.3 is 0 Å². The molecule has 1 aliphatic heterocycles. The van der Waals surface area contributed by atoms with Gasteiger partial charge in [-0.3, -0.25) is 19.2 Å². The zero-order chi connectivity index (χ0) is 28.5. The first-order valence-electron chi connectivity index (χ1n) is 13.7. The summed E-state index contributed by atoms with van der Waals surface area (Å²) in [5.41, 5.74) is 6.07. The summed E-state index contributed by atoms with van der Waals surface area (Å²) in [4.78, 5) is 54.3. The summed E-state index contributed by atoms with van der Waals surface area (Å²) in [5.74, 6) is -2.29. The molecule has 1 saturated heterocycles. The molecule has 0 saturated carbocycles. The van der Waals surface area contributed by atoms with Gasteiger partial charge in [-0.05, 0) is 42.4 Å². The normalized spacial score (nSPS) is 16.7. The van der Waals surface area contributed by atoms with Crippen LogP contribution in [0, 0.1) is 17.8 Å². The lowest BCUT2D eigenvalue weighted by atomic mass is 9.86. The molecule has 7 nitrogen and oxygen atoms in total. The maximum absolute atomic E-state index is 13.7. The van der Waals surface area contributed by atoms with E-state index in [1.54, 1.807) is 11.0 Å². The molecule has 0 bridgehead atoms. The van der Waals surface area contributed by atoms with Crippen LogP contribution in [0.4, 0.5) is 4.39 Å². The van der Waals surface area contributed by atoms with Crippen molar-refractivity contribution >= 4 is 34.0 Å². The van der Waals surface area contributed by atoms with Crippen LogP contribution in [0.25, 0.3) is 10.8 Å². The lowest BCUT2D eigenvalue weighted by Gasteiger charge is -2.30. The Morgan fingerprint density at radius 3 is 2.51 bits per heavy atom. The number of fused-ring (bicyclic) bond motifs is 1. The van der Waals surface area contributed by atoms with Gasteiger partial charge in [0.1, 0.15) is 6.67 Å². The Balaban J connectivity index is 1.71. The molecule has 3 rings (SSSR count). The highest BCUT2D eigenvalue weighted by atomic mass is 19.1. The Morgan fingerprint density at radius 2 is 1.82 bits per heavy atom. The molecule has 3 atom stereocenters. The van der Waals surface area contributed by atoms with E-state index in [1.807, 2.05) is 50.2 Å². The summed E-state index contributed by atoms with van der Waals surface area (Å²) in [6, 6.07) is 12.6. The van der Waals surface area contributed by atoms with Gasteiger partial charge in [-0.15, -0.1) is 0 Å². The fraction of sp³-hybridized carbons (Fsp3) is 0.484. The van der Waals surface area contributed by atoms with E-state index in [0.717, 1.165) is 10.8 Å². The number of nitrogens with zero attached hydrogens (tertiary/aromatic N) is 1. The van der Waals surface area contributed by atoms with E-state index >= 15 is 0 Å². The Kier molecular flexibility index (Phi) is 10.8. The number of rotatable bonds is 15. The molecule has 1 fully saturated rings. The Labute approximate surface area is 230 Å². The van der Waals surface area contributed by atoms with Crippen molar-refractivity contribution in [1.82, 2.24) is 10.2 Å². The number of hydrogen-bond acceptors (Lipinski definition) is 6. The highest BCUT2D eigenvalue weighted by molar-refractivity contribution is 6.09. The van der Waals surface area contributed by atoms with Gasteiger partial charge in [-0.25, -0.2) is 4.39 Å². The SMILES string of the molecule is C=C(N)NCCC[C@H](CC(=O)[C@@H]1CCCN1C(=O)[C@@H](CC(=O)c1cccc2ccccc12)C(C)C)C(=O)CF. The van der Waals surface area contributed by atoms with Crippen LogP contribution in [0.5, 0.6) is 0 Å². The zero-order valence-electron chi connectivity index (χ0n) is 23.0. The first-order valence-corrected chi connectivity index (χ1v) is 13.7. The number of carbonyl (C=O) groups is 4. The van der Waals surface area contributed by atoms with Crippen molar-refractivity contribution in [2.75, 3.05) is 19.8 Å². The van der Waals surface area contributed by atoms with Crippen LogP contribution < -0.4 is 11.1 Å². The molecule has 0 radical (unpaired) electrons. The summed E-state index contributed by atoms with van der Waals surface area (Å²) in [6.45, 7) is 7.13. The van der Waals surface area contributed by atoms with Gasteiger partial charge < -0.3 is 16.0 Å². The Bertz CT molecular complexity index is 1210. The minimum absolute atomic E-state index is 0.0459. The summed E-state index contributed by atoms with van der Waals surface area (Å²) in [6.07, 6.45) is 1.96. The van der Waals surface area contributed by atoms with E-state index in [-0.39, 0.29) is 36.2 Å². The molecule has 0 aromatic heterocycles. The molecule has 0 spiro atoms. The number of alkyl halides is 1. The summed E-state index contributed by atoms with van der Waals surface area (Å²) in [7, 11) is 0. The molecular formula is C31H40FN3O4. The van der Waals surface area contributed by atoms with Crippen molar-refractivity contribution in [1.29, 1.82) is 0 Å². The van der Waals surface area contributed by atoms with Crippen molar-refractivity contribution in [2.45, 2.75) is 58.4 Å². The van der Waals surface area contributed by atoms with E-state index in [4.69, 9.17) is 5.73 Å². The van der Waals surface area contributed by atoms with E-state index in [2.05, 4.69) is 11.9 Å².